The van der Waals surface area contributed by atoms with Gasteiger partial charge in [0.1, 0.15) is 5.82 Å². The average Bonchev–Trinajstić information content (AvgIpc) is 3.03. The summed E-state index contributed by atoms with van der Waals surface area (Å²) in [5.41, 5.74) is 8.10. The number of para-hydroxylation sites is 1. The molecule has 138 valence electrons. The first-order valence-corrected chi connectivity index (χ1v) is 9.40. The lowest BCUT2D eigenvalue weighted by Gasteiger charge is -2.12. The second-order valence-corrected chi connectivity index (χ2v) is 7.40. The standard InChI is InChI=1S/C23H20N4O/c1-13-7-18-20(8-14(13)2)26-22(28)10-16-12-25-21(27-23(16)18)9-15-11-24-19-6-4-3-5-17(15)19/h3-8,11-12,24H,9-10H2,1-2H3,(H,26,28). The van der Waals surface area contributed by atoms with Gasteiger partial charge >= 0.3 is 0 Å². The summed E-state index contributed by atoms with van der Waals surface area (Å²) >= 11 is 0. The molecule has 0 saturated heterocycles. The van der Waals surface area contributed by atoms with Crippen molar-refractivity contribution in [2.24, 2.45) is 0 Å². The van der Waals surface area contributed by atoms with Gasteiger partial charge < -0.3 is 10.3 Å². The van der Waals surface area contributed by atoms with E-state index in [1.54, 1.807) is 6.20 Å². The summed E-state index contributed by atoms with van der Waals surface area (Å²) in [6, 6.07) is 12.4. The molecular formula is C23H20N4O. The average molecular weight is 368 g/mol. The minimum absolute atomic E-state index is 0.0313. The Morgan fingerprint density at radius 2 is 1.93 bits per heavy atom. The number of H-pyrrole nitrogens is 1. The van der Waals surface area contributed by atoms with Gasteiger partial charge in [0.15, 0.2) is 0 Å². The number of nitrogens with one attached hydrogen (secondary N) is 2. The van der Waals surface area contributed by atoms with Gasteiger partial charge in [0.2, 0.25) is 5.91 Å². The molecule has 5 nitrogen and oxygen atoms in total. The van der Waals surface area contributed by atoms with Crippen molar-refractivity contribution < 1.29 is 4.79 Å². The molecular weight excluding hydrogens is 348 g/mol. The Hall–Kier alpha value is -3.47. The quantitative estimate of drug-likeness (QED) is 0.553. The van der Waals surface area contributed by atoms with Crippen molar-refractivity contribution in [1.29, 1.82) is 0 Å². The number of carbonyl (C=O) groups is 1. The van der Waals surface area contributed by atoms with Crippen LogP contribution in [-0.4, -0.2) is 20.9 Å². The van der Waals surface area contributed by atoms with Gasteiger partial charge in [-0.3, -0.25) is 4.79 Å². The van der Waals surface area contributed by atoms with Crippen LogP contribution in [-0.2, 0) is 17.6 Å². The summed E-state index contributed by atoms with van der Waals surface area (Å²) < 4.78 is 0. The van der Waals surface area contributed by atoms with Crippen molar-refractivity contribution >= 4 is 22.5 Å². The Labute approximate surface area is 162 Å². The first kappa shape index (κ1) is 16.7. The third kappa shape index (κ3) is 2.76. The molecule has 1 aliphatic heterocycles. The first-order valence-electron chi connectivity index (χ1n) is 9.40. The number of nitrogens with zero attached hydrogens (tertiary/aromatic N) is 2. The van der Waals surface area contributed by atoms with E-state index < -0.39 is 0 Å². The predicted octanol–water partition coefficient (Wildman–Crippen LogP) is 4.33. The molecule has 28 heavy (non-hydrogen) atoms. The number of aryl methyl sites for hydroxylation is 2. The molecule has 5 rings (SSSR count). The summed E-state index contributed by atoms with van der Waals surface area (Å²) in [5, 5.41) is 4.20. The zero-order valence-electron chi connectivity index (χ0n) is 15.8. The van der Waals surface area contributed by atoms with E-state index in [1.165, 1.54) is 16.5 Å². The Balaban J connectivity index is 1.62. The topological polar surface area (TPSA) is 70.7 Å². The highest BCUT2D eigenvalue weighted by atomic mass is 16.1. The molecule has 1 aliphatic rings. The molecule has 2 N–H and O–H groups in total. The Morgan fingerprint density at radius 1 is 1.11 bits per heavy atom. The van der Waals surface area contributed by atoms with E-state index in [0.29, 0.717) is 6.42 Å². The maximum atomic E-state index is 12.3. The lowest BCUT2D eigenvalue weighted by atomic mass is 9.99. The molecule has 4 aromatic rings. The number of aromatic amines is 1. The van der Waals surface area contributed by atoms with Crippen LogP contribution in [0.5, 0.6) is 0 Å². The highest BCUT2D eigenvalue weighted by Crippen LogP contribution is 2.34. The smallest absolute Gasteiger partial charge is 0.228 e. The second-order valence-electron chi connectivity index (χ2n) is 7.40. The Bertz CT molecular complexity index is 1240. The molecule has 0 bridgehead atoms. The van der Waals surface area contributed by atoms with Gasteiger partial charge in [0.05, 0.1) is 17.8 Å². The molecule has 2 aromatic heterocycles. The van der Waals surface area contributed by atoms with Crippen LogP contribution in [0.4, 0.5) is 5.69 Å². The van der Waals surface area contributed by atoms with Crippen LogP contribution in [0.2, 0.25) is 0 Å². The minimum Gasteiger partial charge on any atom is -0.361 e. The van der Waals surface area contributed by atoms with E-state index >= 15 is 0 Å². The van der Waals surface area contributed by atoms with Gasteiger partial charge in [-0.15, -0.1) is 0 Å². The molecule has 2 aromatic carbocycles. The molecule has 1 amide bonds. The van der Waals surface area contributed by atoms with Crippen molar-refractivity contribution in [2.75, 3.05) is 5.32 Å². The van der Waals surface area contributed by atoms with Crippen LogP contribution in [0.25, 0.3) is 22.2 Å². The van der Waals surface area contributed by atoms with E-state index in [4.69, 9.17) is 4.98 Å². The van der Waals surface area contributed by atoms with Crippen molar-refractivity contribution in [3.8, 4) is 11.3 Å². The van der Waals surface area contributed by atoms with Gasteiger partial charge in [0.25, 0.3) is 0 Å². The van der Waals surface area contributed by atoms with E-state index in [0.717, 1.165) is 39.4 Å². The van der Waals surface area contributed by atoms with Crippen molar-refractivity contribution in [2.45, 2.75) is 26.7 Å². The van der Waals surface area contributed by atoms with Gasteiger partial charge in [-0.05, 0) is 48.7 Å². The van der Waals surface area contributed by atoms with Crippen molar-refractivity contribution in [3.05, 3.63) is 76.9 Å². The zero-order chi connectivity index (χ0) is 19.3. The normalized spacial score (nSPS) is 13.0. The number of hydrogen-bond acceptors (Lipinski definition) is 3. The highest BCUT2D eigenvalue weighted by molar-refractivity contribution is 6.00. The summed E-state index contributed by atoms with van der Waals surface area (Å²) in [6.07, 6.45) is 4.75. The van der Waals surface area contributed by atoms with Crippen LogP contribution < -0.4 is 5.32 Å². The molecule has 0 spiro atoms. The third-order valence-electron chi connectivity index (χ3n) is 5.45. The molecule has 0 radical (unpaired) electrons. The molecule has 0 saturated carbocycles. The zero-order valence-corrected chi connectivity index (χ0v) is 15.8. The van der Waals surface area contributed by atoms with Crippen LogP contribution in [0.15, 0.2) is 48.8 Å². The van der Waals surface area contributed by atoms with Crippen LogP contribution in [0.1, 0.15) is 28.1 Å². The Kier molecular flexibility index (Phi) is 3.76. The SMILES string of the molecule is Cc1cc2c(cc1C)-c1nc(Cc3c[nH]c4ccccc34)ncc1CC(=O)N2. The summed E-state index contributed by atoms with van der Waals surface area (Å²) in [6.45, 7) is 4.13. The van der Waals surface area contributed by atoms with Crippen molar-refractivity contribution in [1.82, 2.24) is 15.0 Å². The van der Waals surface area contributed by atoms with Crippen molar-refractivity contribution in [3.63, 3.8) is 0 Å². The number of hydrogen-bond donors (Lipinski definition) is 2. The number of aromatic nitrogens is 3. The van der Waals surface area contributed by atoms with Crippen LogP contribution in [0, 0.1) is 13.8 Å². The van der Waals surface area contributed by atoms with Gasteiger partial charge in [-0.25, -0.2) is 9.97 Å². The summed E-state index contributed by atoms with van der Waals surface area (Å²) in [7, 11) is 0. The number of anilines is 1. The van der Waals surface area contributed by atoms with E-state index in [9.17, 15) is 4.79 Å². The van der Waals surface area contributed by atoms with Gasteiger partial charge in [0, 0.05) is 40.8 Å². The molecule has 0 aliphatic carbocycles. The number of fused-ring (bicyclic) bond motifs is 4. The highest BCUT2D eigenvalue weighted by Gasteiger charge is 2.22. The van der Waals surface area contributed by atoms with Crippen LogP contribution in [0.3, 0.4) is 0 Å². The molecule has 3 heterocycles. The summed E-state index contributed by atoms with van der Waals surface area (Å²) in [5.74, 6) is 0.721. The second kappa shape index (κ2) is 6.30. The maximum Gasteiger partial charge on any atom is 0.228 e. The maximum absolute atomic E-state index is 12.3. The predicted molar refractivity (Wildman–Crippen MR) is 110 cm³/mol. The monoisotopic (exact) mass is 368 g/mol. The van der Waals surface area contributed by atoms with E-state index in [-0.39, 0.29) is 12.3 Å². The van der Waals surface area contributed by atoms with E-state index in [1.807, 2.05) is 24.4 Å². The minimum atomic E-state index is -0.0313. The fourth-order valence-corrected chi connectivity index (χ4v) is 3.82. The number of benzene rings is 2. The Morgan fingerprint density at radius 3 is 2.82 bits per heavy atom. The molecule has 5 heteroatoms. The lowest BCUT2D eigenvalue weighted by Crippen LogP contribution is -2.13. The third-order valence-corrected chi connectivity index (χ3v) is 5.45. The molecule has 0 fully saturated rings. The molecule has 0 atom stereocenters. The summed E-state index contributed by atoms with van der Waals surface area (Å²) in [4.78, 5) is 25.1. The largest absolute Gasteiger partial charge is 0.361 e. The fraction of sp³-hybridized carbons (Fsp3) is 0.174. The van der Waals surface area contributed by atoms with Gasteiger partial charge in [-0.1, -0.05) is 18.2 Å². The first-order chi connectivity index (χ1) is 13.6. The number of amides is 1. The van der Waals surface area contributed by atoms with Crippen LogP contribution >= 0.6 is 0 Å². The lowest BCUT2D eigenvalue weighted by molar-refractivity contribution is -0.115. The molecule has 0 unspecified atom stereocenters. The van der Waals surface area contributed by atoms with E-state index in [2.05, 4.69) is 47.3 Å². The van der Waals surface area contributed by atoms with Gasteiger partial charge in [-0.2, -0.15) is 0 Å². The fourth-order valence-electron chi connectivity index (χ4n) is 3.82. The number of rotatable bonds is 2. The number of carbonyl (C=O) groups excluding carboxylic acids is 1.